The summed E-state index contributed by atoms with van der Waals surface area (Å²) < 4.78 is 68.5. The first-order valence-electron chi connectivity index (χ1n) is 15.2. The van der Waals surface area contributed by atoms with E-state index in [1.807, 2.05) is 86.5 Å². The van der Waals surface area contributed by atoms with Crippen LogP contribution in [0.5, 0.6) is 0 Å². The molecule has 0 unspecified atom stereocenters. The summed E-state index contributed by atoms with van der Waals surface area (Å²) in [5.41, 5.74) is 12.3. The van der Waals surface area contributed by atoms with Crippen molar-refractivity contribution in [2.24, 2.45) is 9.98 Å². The van der Waals surface area contributed by atoms with Crippen LogP contribution < -0.4 is 20.9 Å². The number of allylic oxidation sites excluding steroid dienone is 2. The minimum atomic E-state index is -4.58. The maximum absolute atomic E-state index is 12.3. The monoisotopic (exact) mass is 710 g/mol. The number of nitrogen functional groups attached to an aromatic ring is 1. The van der Waals surface area contributed by atoms with Crippen LogP contribution >= 0.6 is 0 Å². The van der Waals surface area contributed by atoms with Crippen LogP contribution in [0, 0.1) is 0 Å². The molecule has 1 aliphatic rings. The highest BCUT2D eigenvalue weighted by Crippen LogP contribution is 2.36. The van der Waals surface area contributed by atoms with Gasteiger partial charge in [-0.1, -0.05) is 12.1 Å². The highest BCUT2D eigenvalue weighted by molar-refractivity contribution is 7.86. The van der Waals surface area contributed by atoms with Crippen LogP contribution in [0.1, 0.15) is 11.1 Å². The van der Waals surface area contributed by atoms with Crippen LogP contribution in [0.15, 0.2) is 129 Å². The fourth-order valence-electron chi connectivity index (χ4n) is 5.51. The maximum Gasteiger partial charge on any atom is 0.294 e. The van der Waals surface area contributed by atoms with Gasteiger partial charge in [-0.15, -0.1) is 0 Å². The van der Waals surface area contributed by atoms with Gasteiger partial charge in [-0.05, 0) is 91.0 Å². The second-order valence-electron chi connectivity index (χ2n) is 12.0. The van der Waals surface area contributed by atoms with E-state index in [0.717, 1.165) is 17.1 Å². The number of anilines is 4. The second kappa shape index (κ2) is 13.1. The molecule has 5 aromatic rings. The van der Waals surface area contributed by atoms with Gasteiger partial charge in [0.1, 0.15) is 0 Å². The lowest BCUT2D eigenvalue weighted by Gasteiger charge is -2.23. The number of hydrogen-bond donors (Lipinski definition) is 4. The molecule has 5 N–H and O–H groups in total. The summed E-state index contributed by atoms with van der Waals surface area (Å²) in [6, 6.07) is 26.7. The number of nitrogens with zero attached hydrogens (tertiary/aromatic N) is 4. The van der Waals surface area contributed by atoms with Crippen molar-refractivity contribution in [2.45, 2.75) is 9.79 Å². The van der Waals surface area contributed by atoms with Gasteiger partial charge in [0.25, 0.3) is 20.2 Å². The molecule has 50 heavy (non-hydrogen) atoms. The topological polar surface area (TPSA) is 178 Å². The normalized spacial score (nSPS) is 14.8. The van der Waals surface area contributed by atoms with Crippen molar-refractivity contribution < 1.29 is 25.9 Å². The third-order valence-corrected chi connectivity index (χ3v) is 9.86. The molecule has 0 saturated carbocycles. The lowest BCUT2D eigenvalue weighted by molar-refractivity contribution is 0.481. The molecular weight excluding hydrogens is 677 g/mol. The van der Waals surface area contributed by atoms with Crippen LogP contribution in [-0.2, 0) is 20.2 Å². The van der Waals surface area contributed by atoms with E-state index in [0.29, 0.717) is 56.1 Å². The summed E-state index contributed by atoms with van der Waals surface area (Å²) in [4.78, 5) is 13.2. The fourth-order valence-corrected chi connectivity index (χ4v) is 6.53. The molecule has 0 amide bonds. The van der Waals surface area contributed by atoms with Gasteiger partial charge < -0.3 is 20.9 Å². The third kappa shape index (κ3) is 7.09. The van der Waals surface area contributed by atoms with E-state index in [1.54, 1.807) is 18.2 Å². The first-order chi connectivity index (χ1) is 23.6. The van der Waals surface area contributed by atoms with E-state index in [9.17, 15) is 25.9 Å². The minimum absolute atomic E-state index is 0.328. The Labute approximate surface area is 290 Å². The van der Waals surface area contributed by atoms with Crippen LogP contribution in [0.25, 0.3) is 10.8 Å². The molecule has 5 aromatic carbocycles. The van der Waals surface area contributed by atoms with E-state index in [1.165, 1.54) is 36.4 Å². The van der Waals surface area contributed by atoms with Crippen molar-refractivity contribution in [3.05, 3.63) is 120 Å². The minimum Gasteiger partial charge on any atom is -0.398 e. The van der Waals surface area contributed by atoms with Crippen molar-refractivity contribution in [1.82, 2.24) is 0 Å². The van der Waals surface area contributed by atoms with Crippen molar-refractivity contribution in [1.29, 1.82) is 0 Å². The quantitative estimate of drug-likeness (QED) is 0.106. The number of fused-ring (bicyclic) bond motifs is 2. The lowest BCUT2D eigenvalue weighted by atomic mass is 9.90. The molecular formula is C36H34N6O6S2. The molecule has 256 valence electrons. The predicted octanol–water partition coefficient (Wildman–Crippen LogP) is 6.30. The van der Waals surface area contributed by atoms with Gasteiger partial charge in [0.2, 0.25) is 0 Å². The Morgan fingerprint density at radius 2 is 1.22 bits per heavy atom. The van der Waals surface area contributed by atoms with Crippen molar-refractivity contribution in [3.8, 4) is 0 Å². The molecule has 0 heterocycles. The fraction of sp³-hybridized carbons (Fsp3) is 0.111. The molecule has 12 nitrogen and oxygen atoms in total. The Kier molecular flexibility index (Phi) is 8.97. The molecule has 0 saturated heterocycles. The summed E-state index contributed by atoms with van der Waals surface area (Å²) in [6.07, 6.45) is 1.73. The first-order valence-corrected chi connectivity index (χ1v) is 18.1. The van der Waals surface area contributed by atoms with E-state index in [2.05, 4.69) is 5.32 Å². The highest BCUT2D eigenvalue weighted by Gasteiger charge is 2.26. The SMILES string of the molecule is CN(C)c1ccc(N=C2C=C(Nc3ccc(N(C)C)cc3)C(=Nc3ccc(N)c4ccc(S(=O)(=O)O)cc34)c3ccc(S(=O)(=O)O)cc32)cc1. The van der Waals surface area contributed by atoms with Gasteiger partial charge in [0, 0.05) is 72.8 Å². The van der Waals surface area contributed by atoms with Gasteiger partial charge in [-0.25, -0.2) is 9.98 Å². The van der Waals surface area contributed by atoms with E-state index in [4.69, 9.17) is 15.7 Å². The predicted molar refractivity (Wildman–Crippen MR) is 200 cm³/mol. The zero-order chi connectivity index (χ0) is 36.0. The second-order valence-corrected chi connectivity index (χ2v) is 14.9. The van der Waals surface area contributed by atoms with E-state index < -0.39 is 20.2 Å². The molecule has 0 spiro atoms. The molecule has 0 aromatic heterocycles. The first kappa shape index (κ1) is 34.3. The number of benzene rings is 5. The average Bonchev–Trinajstić information content (AvgIpc) is 3.06. The summed E-state index contributed by atoms with van der Waals surface area (Å²) in [5.74, 6) is 0. The van der Waals surface area contributed by atoms with Crippen LogP contribution in [-0.4, -0.2) is 65.6 Å². The largest absolute Gasteiger partial charge is 0.398 e. The lowest BCUT2D eigenvalue weighted by Crippen LogP contribution is -2.23. The third-order valence-electron chi connectivity index (χ3n) is 8.16. The number of nitrogens with two attached hydrogens (primary N) is 1. The highest BCUT2D eigenvalue weighted by atomic mass is 32.2. The van der Waals surface area contributed by atoms with Gasteiger partial charge in [-0.2, -0.15) is 16.8 Å². The number of hydrogen-bond acceptors (Lipinski definition) is 10. The molecule has 0 fully saturated rings. The smallest absolute Gasteiger partial charge is 0.294 e. The van der Waals surface area contributed by atoms with E-state index >= 15 is 0 Å². The van der Waals surface area contributed by atoms with Gasteiger partial charge in [0.05, 0.1) is 38.3 Å². The molecule has 0 bridgehead atoms. The molecule has 14 heteroatoms. The summed E-state index contributed by atoms with van der Waals surface area (Å²) in [6.45, 7) is 0. The Morgan fingerprint density at radius 1 is 0.640 bits per heavy atom. The average molecular weight is 711 g/mol. The molecule has 1 aliphatic carbocycles. The zero-order valence-corrected chi connectivity index (χ0v) is 29.2. The number of rotatable bonds is 8. The summed E-state index contributed by atoms with van der Waals surface area (Å²) in [5, 5.41) is 4.31. The molecule has 0 aliphatic heterocycles. The Hall–Kier alpha value is -5.54. The van der Waals surface area contributed by atoms with Crippen LogP contribution in [0.2, 0.25) is 0 Å². The van der Waals surface area contributed by atoms with Gasteiger partial charge in [-0.3, -0.25) is 9.11 Å². The molecule has 0 radical (unpaired) electrons. The van der Waals surface area contributed by atoms with Crippen LogP contribution in [0.3, 0.4) is 0 Å². The van der Waals surface area contributed by atoms with Crippen molar-refractivity contribution in [2.75, 3.05) is 49.0 Å². The molecule has 0 atom stereocenters. The Morgan fingerprint density at radius 3 is 1.82 bits per heavy atom. The van der Waals surface area contributed by atoms with Crippen LogP contribution in [0.4, 0.5) is 34.1 Å². The summed E-state index contributed by atoms with van der Waals surface area (Å²) in [7, 11) is -1.40. The Bertz CT molecular complexity index is 2460. The number of aliphatic imine (C=N–C) groups is 2. The number of nitrogens with one attached hydrogen (secondary N) is 1. The van der Waals surface area contributed by atoms with Crippen molar-refractivity contribution >= 4 is 76.6 Å². The summed E-state index contributed by atoms with van der Waals surface area (Å²) >= 11 is 0. The van der Waals surface area contributed by atoms with Crippen molar-refractivity contribution in [3.63, 3.8) is 0 Å². The zero-order valence-electron chi connectivity index (χ0n) is 27.5. The molecule has 6 rings (SSSR count). The van der Waals surface area contributed by atoms with E-state index in [-0.39, 0.29) is 9.79 Å². The Balaban J connectivity index is 1.62. The maximum atomic E-state index is 12.3. The van der Waals surface area contributed by atoms with Gasteiger partial charge in [0.15, 0.2) is 0 Å². The standard InChI is InChI=1S/C36H34N6O6S2/c1-41(2)24-9-5-22(6-10-24)38-34-21-35(39-23-7-11-25(12-8-23)42(3)4)36(29-16-14-27(20-31(29)34)50(46,47)48)40-33-18-17-32(37)28-15-13-26(19-30(28)33)49(43,44)45/h5-21,39H,37H2,1-4H3,(H,43,44,45)(H,46,47,48). The van der Waals surface area contributed by atoms with Gasteiger partial charge >= 0.3 is 0 Å².